The maximum atomic E-state index is 13.2. The first kappa shape index (κ1) is 26.6. The summed E-state index contributed by atoms with van der Waals surface area (Å²) in [6, 6.07) is 28.6. The van der Waals surface area contributed by atoms with Crippen LogP contribution in [0.25, 0.3) is 11.1 Å². The fraction of sp³-hybridized carbons (Fsp3) is 0.375. The number of aliphatic hydroxyl groups excluding tert-OH is 1. The average molecular weight is 497 g/mol. The summed E-state index contributed by atoms with van der Waals surface area (Å²) < 4.78 is 6.57. The Morgan fingerprint density at radius 3 is 2.24 bits per heavy atom. The molecule has 0 bridgehead atoms. The van der Waals surface area contributed by atoms with Crippen LogP contribution in [-0.2, 0) is 16.0 Å². The van der Waals surface area contributed by atoms with E-state index in [2.05, 4.69) is 61.6 Å². The second-order valence-corrected chi connectivity index (χ2v) is 10.6. The topological polar surface area (TPSA) is 82.3 Å². The van der Waals surface area contributed by atoms with Crippen molar-refractivity contribution in [1.29, 1.82) is 5.26 Å². The molecule has 5 nitrogen and oxygen atoms in total. The molecule has 37 heavy (non-hydrogen) atoms. The van der Waals surface area contributed by atoms with Crippen LogP contribution in [0.2, 0.25) is 0 Å². The van der Waals surface area contributed by atoms with Gasteiger partial charge in [-0.3, -0.25) is 4.79 Å². The summed E-state index contributed by atoms with van der Waals surface area (Å²) in [5.74, 6) is 0.0286. The van der Waals surface area contributed by atoms with E-state index in [0.717, 1.165) is 27.8 Å². The van der Waals surface area contributed by atoms with Crippen molar-refractivity contribution in [1.82, 2.24) is 5.32 Å². The molecule has 0 aromatic heterocycles. The third-order valence-corrected chi connectivity index (χ3v) is 6.71. The number of ether oxygens (including phenoxy) is 1. The van der Waals surface area contributed by atoms with Crippen LogP contribution < -0.4 is 5.32 Å². The molecule has 0 aliphatic heterocycles. The minimum absolute atomic E-state index is 0.222. The van der Waals surface area contributed by atoms with Crippen LogP contribution in [0.3, 0.4) is 0 Å². The number of hydrogen-bond acceptors (Lipinski definition) is 4. The van der Waals surface area contributed by atoms with Gasteiger partial charge in [0.2, 0.25) is 5.91 Å². The van der Waals surface area contributed by atoms with Crippen molar-refractivity contribution < 1.29 is 14.6 Å². The van der Waals surface area contributed by atoms with Gasteiger partial charge in [-0.15, -0.1) is 0 Å². The number of carbonyl (C=O) groups is 1. The van der Waals surface area contributed by atoms with Gasteiger partial charge in [0.25, 0.3) is 0 Å². The first-order valence-electron chi connectivity index (χ1n) is 13.1. The summed E-state index contributed by atoms with van der Waals surface area (Å²) in [5, 5.41) is 22.2. The number of rotatable bonds is 11. The Kier molecular flexibility index (Phi) is 8.43. The highest BCUT2D eigenvalue weighted by Gasteiger charge is 2.46. The quantitative estimate of drug-likeness (QED) is 0.343. The van der Waals surface area contributed by atoms with E-state index in [1.807, 2.05) is 42.5 Å². The number of benzene rings is 3. The van der Waals surface area contributed by atoms with Crippen LogP contribution in [0.15, 0.2) is 78.9 Å². The molecule has 2 N–H and O–H groups in total. The van der Waals surface area contributed by atoms with Gasteiger partial charge in [0.15, 0.2) is 0 Å². The summed E-state index contributed by atoms with van der Waals surface area (Å²) in [6.07, 6.45) is 1.06. The van der Waals surface area contributed by atoms with Gasteiger partial charge in [0.05, 0.1) is 12.2 Å². The van der Waals surface area contributed by atoms with Crippen molar-refractivity contribution in [3.8, 4) is 17.2 Å². The third-order valence-electron chi connectivity index (χ3n) is 6.71. The number of nitrogens with zero attached hydrogens (tertiary/aromatic N) is 1. The fourth-order valence-corrected chi connectivity index (χ4v) is 4.57. The highest BCUT2D eigenvalue weighted by atomic mass is 16.5. The molecule has 4 rings (SSSR count). The second kappa shape index (κ2) is 11.7. The minimum Gasteiger partial charge on any atom is -0.393 e. The van der Waals surface area contributed by atoms with E-state index in [0.29, 0.717) is 25.7 Å². The Morgan fingerprint density at radius 2 is 1.65 bits per heavy atom. The number of amides is 1. The maximum absolute atomic E-state index is 13.2. The van der Waals surface area contributed by atoms with Gasteiger partial charge >= 0.3 is 0 Å². The Balaban J connectivity index is 1.61. The van der Waals surface area contributed by atoms with E-state index >= 15 is 0 Å². The maximum Gasteiger partial charge on any atom is 0.250 e. The fourth-order valence-electron chi connectivity index (χ4n) is 4.57. The lowest BCUT2D eigenvalue weighted by molar-refractivity contribution is -0.137. The zero-order valence-corrected chi connectivity index (χ0v) is 21.9. The van der Waals surface area contributed by atoms with Gasteiger partial charge in [-0.25, -0.2) is 0 Å². The van der Waals surface area contributed by atoms with Crippen molar-refractivity contribution >= 4 is 5.91 Å². The number of nitriles is 1. The van der Waals surface area contributed by atoms with E-state index < -0.39 is 17.7 Å². The monoisotopic (exact) mass is 496 g/mol. The van der Waals surface area contributed by atoms with Gasteiger partial charge in [-0.05, 0) is 66.3 Å². The molecule has 0 radical (unpaired) electrons. The summed E-state index contributed by atoms with van der Waals surface area (Å²) in [6.45, 7) is 5.93. The van der Waals surface area contributed by atoms with Gasteiger partial charge in [0.1, 0.15) is 17.7 Å². The Hall–Kier alpha value is -3.46. The summed E-state index contributed by atoms with van der Waals surface area (Å²) in [5.41, 5.74) is 4.45. The Morgan fingerprint density at radius 1 is 0.973 bits per heavy atom. The molecule has 1 aliphatic rings. The molecule has 1 amide bonds. The van der Waals surface area contributed by atoms with Gasteiger partial charge < -0.3 is 15.2 Å². The van der Waals surface area contributed by atoms with Crippen LogP contribution in [0.5, 0.6) is 0 Å². The molecular weight excluding hydrogens is 460 g/mol. The number of nitrogens with one attached hydrogen (secondary N) is 1. The van der Waals surface area contributed by atoms with E-state index in [-0.39, 0.29) is 17.9 Å². The highest BCUT2D eigenvalue weighted by Crippen LogP contribution is 2.36. The Bertz CT molecular complexity index is 1220. The SMILES string of the molecule is CC(C)C[C@H](OC(c1ccccc1)c1ccc(-c2cccc(CC(C)O)c2)cc1)C(=O)NC1(C#N)CC1. The Labute approximate surface area is 220 Å². The number of hydrogen-bond donors (Lipinski definition) is 2. The standard InChI is InChI=1S/C32H36N2O3/c1-22(2)18-29(31(36)34-32(21-33)16-17-32)37-30(26-9-5-4-6-10-26)27-14-12-25(13-15-27)28-11-7-8-24(20-28)19-23(3)35/h4-15,20,22-23,29-30,35H,16-19H2,1-3H3,(H,34,36)/t23?,29-,30?/m0/s1. The predicted octanol–water partition coefficient (Wildman–Crippen LogP) is 5.97. The van der Waals surface area contributed by atoms with Crippen molar-refractivity contribution in [2.24, 2.45) is 5.92 Å². The van der Waals surface area contributed by atoms with E-state index in [9.17, 15) is 15.2 Å². The van der Waals surface area contributed by atoms with E-state index in [1.54, 1.807) is 6.92 Å². The van der Waals surface area contributed by atoms with Crippen molar-refractivity contribution in [2.45, 2.75) is 70.3 Å². The van der Waals surface area contributed by atoms with Crippen LogP contribution in [-0.4, -0.2) is 28.8 Å². The molecule has 3 atom stereocenters. The van der Waals surface area contributed by atoms with Crippen molar-refractivity contribution in [3.05, 3.63) is 95.6 Å². The molecule has 1 fully saturated rings. The molecule has 1 saturated carbocycles. The van der Waals surface area contributed by atoms with Crippen LogP contribution in [0, 0.1) is 17.2 Å². The molecule has 5 heteroatoms. The lowest BCUT2D eigenvalue weighted by Crippen LogP contribution is -2.44. The molecule has 0 spiro atoms. The van der Waals surface area contributed by atoms with E-state index in [1.165, 1.54) is 0 Å². The van der Waals surface area contributed by atoms with Crippen molar-refractivity contribution in [2.75, 3.05) is 0 Å². The van der Waals surface area contributed by atoms with Crippen LogP contribution in [0.4, 0.5) is 0 Å². The molecule has 3 aromatic carbocycles. The molecular formula is C32H36N2O3. The largest absolute Gasteiger partial charge is 0.393 e. The second-order valence-electron chi connectivity index (χ2n) is 10.6. The number of aliphatic hydroxyl groups is 1. The molecule has 0 saturated heterocycles. The smallest absolute Gasteiger partial charge is 0.250 e. The summed E-state index contributed by atoms with van der Waals surface area (Å²) >= 11 is 0. The number of carbonyl (C=O) groups excluding carboxylic acids is 1. The summed E-state index contributed by atoms with van der Waals surface area (Å²) in [4.78, 5) is 13.2. The van der Waals surface area contributed by atoms with Gasteiger partial charge in [-0.1, -0.05) is 92.7 Å². The zero-order chi connectivity index (χ0) is 26.4. The first-order chi connectivity index (χ1) is 17.8. The van der Waals surface area contributed by atoms with Crippen molar-refractivity contribution in [3.63, 3.8) is 0 Å². The minimum atomic E-state index is -0.734. The van der Waals surface area contributed by atoms with Crippen LogP contribution >= 0.6 is 0 Å². The molecule has 2 unspecified atom stereocenters. The molecule has 192 valence electrons. The lowest BCUT2D eigenvalue weighted by atomic mass is 9.96. The molecule has 1 aliphatic carbocycles. The van der Waals surface area contributed by atoms with Crippen LogP contribution in [0.1, 0.15) is 62.8 Å². The average Bonchev–Trinajstić information content (AvgIpc) is 3.66. The third kappa shape index (κ3) is 7.07. The highest BCUT2D eigenvalue weighted by molar-refractivity contribution is 5.82. The predicted molar refractivity (Wildman–Crippen MR) is 146 cm³/mol. The lowest BCUT2D eigenvalue weighted by Gasteiger charge is -2.27. The molecule has 3 aromatic rings. The van der Waals surface area contributed by atoms with Gasteiger partial charge in [0, 0.05) is 0 Å². The summed E-state index contributed by atoms with van der Waals surface area (Å²) in [7, 11) is 0. The van der Waals surface area contributed by atoms with Gasteiger partial charge in [-0.2, -0.15) is 5.26 Å². The molecule has 0 heterocycles. The zero-order valence-electron chi connectivity index (χ0n) is 21.9. The first-order valence-corrected chi connectivity index (χ1v) is 13.1. The van der Waals surface area contributed by atoms with E-state index in [4.69, 9.17) is 4.74 Å². The normalized spacial score (nSPS) is 16.4.